The van der Waals surface area contributed by atoms with E-state index < -0.39 is 16.8 Å². The number of anilines is 1. The first-order valence-corrected chi connectivity index (χ1v) is 12.4. The number of carbonyl (C=O) groups is 2. The number of ketones is 1. The number of thiophene rings is 1. The van der Waals surface area contributed by atoms with Gasteiger partial charge in [0.25, 0.3) is 5.69 Å². The first-order valence-electron chi connectivity index (χ1n) is 10.8. The maximum absolute atomic E-state index is 13.6. The van der Waals surface area contributed by atoms with Crippen molar-refractivity contribution in [1.29, 1.82) is 0 Å². The molecule has 0 amide bonds. The van der Waals surface area contributed by atoms with Crippen LogP contribution in [-0.4, -0.2) is 23.3 Å². The number of nitrogens with two attached hydrogens (primary N) is 1. The molecule has 8 nitrogen and oxygen atoms in total. The molecule has 1 atom stereocenters. The maximum atomic E-state index is 13.6. The van der Waals surface area contributed by atoms with Gasteiger partial charge in [0.2, 0.25) is 0 Å². The minimum absolute atomic E-state index is 0.0537. The summed E-state index contributed by atoms with van der Waals surface area (Å²) in [5.74, 6) is -1.14. The Balaban J connectivity index is 1.99. The summed E-state index contributed by atoms with van der Waals surface area (Å²) < 4.78 is 6.24. The minimum Gasteiger partial charge on any atom is -0.463 e. The summed E-state index contributed by atoms with van der Waals surface area (Å²) in [5, 5.41) is 11.2. The Kier molecular flexibility index (Phi) is 6.39. The van der Waals surface area contributed by atoms with Gasteiger partial charge in [-0.15, -0.1) is 11.3 Å². The summed E-state index contributed by atoms with van der Waals surface area (Å²) in [4.78, 5) is 40.0. The molecule has 1 aromatic carbocycles. The maximum Gasteiger partial charge on any atom is 0.338 e. The summed E-state index contributed by atoms with van der Waals surface area (Å²) in [6.07, 6.45) is 0.879. The van der Waals surface area contributed by atoms with Gasteiger partial charge in [0.05, 0.1) is 26.8 Å². The van der Waals surface area contributed by atoms with Gasteiger partial charge in [0.1, 0.15) is 5.82 Å². The topological polar surface area (TPSA) is 116 Å². The van der Waals surface area contributed by atoms with Crippen LogP contribution in [-0.2, 0) is 14.3 Å². The molecular weight excluding hydrogens is 522 g/mol. The van der Waals surface area contributed by atoms with Gasteiger partial charge >= 0.3 is 5.97 Å². The number of carbonyl (C=O) groups excluding carboxylic acids is 2. The highest BCUT2D eigenvalue weighted by Crippen LogP contribution is 2.51. The normalized spacial score (nSPS) is 19.8. The van der Waals surface area contributed by atoms with Crippen LogP contribution in [0.4, 0.5) is 11.4 Å². The van der Waals surface area contributed by atoms with Crippen LogP contribution in [0, 0.1) is 15.5 Å². The second kappa shape index (κ2) is 8.99. The van der Waals surface area contributed by atoms with E-state index in [1.807, 2.05) is 26.0 Å². The fourth-order valence-electron chi connectivity index (χ4n) is 4.60. The molecule has 1 aliphatic carbocycles. The van der Waals surface area contributed by atoms with Crippen molar-refractivity contribution in [3.8, 4) is 0 Å². The quantitative estimate of drug-likeness (QED) is 0.303. The minimum atomic E-state index is -0.650. The Morgan fingerprint density at radius 3 is 2.50 bits per heavy atom. The van der Waals surface area contributed by atoms with Gasteiger partial charge in [0, 0.05) is 40.4 Å². The van der Waals surface area contributed by atoms with Gasteiger partial charge in [0.15, 0.2) is 5.78 Å². The van der Waals surface area contributed by atoms with Crippen LogP contribution in [0.25, 0.3) is 0 Å². The van der Waals surface area contributed by atoms with E-state index in [2.05, 4.69) is 15.9 Å². The first kappa shape index (κ1) is 24.2. The number of benzene rings is 1. The van der Waals surface area contributed by atoms with Crippen LogP contribution in [0.15, 0.2) is 62.8 Å². The third-order valence-corrected chi connectivity index (χ3v) is 7.64. The zero-order valence-corrected chi connectivity index (χ0v) is 21.4. The van der Waals surface area contributed by atoms with Crippen molar-refractivity contribution in [2.24, 2.45) is 11.1 Å². The lowest BCUT2D eigenvalue weighted by Gasteiger charge is -2.44. The van der Waals surface area contributed by atoms with E-state index in [9.17, 15) is 19.7 Å². The van der Waals surface area contributed by atoms with E-state index >= 15 is 0 Å². The van der Waals surface area contributed by atoms with Crippen LogP contribution >= 0.6 is 27.3 Å². The number of halogens is 1. The van der Waals surface area contributed by atoms with Gasteiger partial charge in [-0.1, -0.05) is 13.8 Å². The largest absolute Gasteiger partial charge is 0.463 e. The van der Waals surface area contributed by atoms with Crippen molar-refractivity contribution in [3.05, 3.63) is 77.8 Å². The highest BCUT2D eigenvalue weighted by molar-refractivity contribution is 9.11. The van der Waals surface area contributed by atoms with Crippen molar-refractivity contribution in [3.63, 3.8) is 0 Å². The zero-order chi connectivity index (χ0) is 24.8. The average molecular weight is 546 g/mol. The van der Waals surface area contributed by atoms with E-state index in [0.717, 1.165) is 8.66 Å². The third-order valence-electron chi connectivity index (χ3n) is 5.95. The molecule has 2 aromatic rings. The summed E-state index contributed by atoms with van der Waals surface area (Å²) in [6.45, 7) is 5.89. The molecule has 2 aliphatic rings. The Bertz CT molecular complexity index is 1250. The monoisotopic (exact) mass is 545 g/mol. The van der Waals surface area contributed by atoms with Gasteiger partial charge in [-0.25, -0.2) is 4.79 Å². The van der Waals surface area contributed by atoms with Crippen molar-refractivity contribution in [1.82, 2.24) is 0 Å². The van der Waals surface area contributed by atoms with Gasteiger partial charge < -0.3 is 10.5 Å². The predicted octanol–water partition coefficient (Wildman–Crippen LogP) is 5.40. The number of Topliss-reactive ketones (excluding diaryl/α,β-unsaturated/α-hetero) is 1. The number of esters is 1. The van der Waals surface area contributed by atoms with Crippen molar-refractivity contribution in [2.45, 2.75) is 39.5 Å². The van der Waals surface area contributed by atoms with Crippen molar-refractivity contribution in [2.75, 3.05) is 11.5 Å². The molecule has 0 bridgehead atoms. The molecule has 1 aliphatic heterocycles. The second-order valence-corrected chi connectivity index (χ2v) is 11.5. The number of hydrogen-bond donors (Lipinski definition) is 1. The molecule has 4 rings (SSSR count). The molecule has 10 heteroatoms. The second-order valence-electron chi connectivity index (χ2n) is 9.00. The van der Waals surface area contributed by atoms with Crippen molar-refractivity contribution >= 4 is 50.4 Å². The van der Waals surface area contributed by atoms with Gasteiger partial charge in [-0.2, -0.15) is 0 Å². The van der Waals surface area contributed by atoms with Crippen LogP contribution in [0.5, 0.6) is 0 Å². The number of nitro benzene ring substituents is 1. The number of rotatable bonds is 5. The summed E-state index contributed by atoms with van der Waals surface area (Å²) in [6, 6.07) is 9.67. The lowest BCUT2D eigenvalue weighted by molar-refractivity contribution is -0.384. The highest BCUT2D eigenvalue weighted by atomic mass is 79.9. The molecule has 2 N–H and O–H groups in total. The van der Waals surface area contributed by atoms with E-state index in [4.69, 9.17) is 10.5 Å². The fraction of sp³-hybridized carbons (Fsp3) is 0.333. The number of allylic oxidation sites excluding steroid dienone is 2. The summed E-state index contributed by atoms with van der Waals surface area (Å²) in [7, 11) is 0. The lowest BCUT2D eigenvalue weighted by Crippen LogP contribution is -2.43. The Morgan fingerprint density at radius 2 is 1.94 bits per heavy atom. The molecule has 1 aromatic heterocycles. The summed E-state index contributed by atoms with van der Waals surface area (Å²) >= 11 is 4.91. The van der Waals surface area contributed by atoms with Gasteiger partial charge in [-0.05, 0) is 59.0 Å². The molecule has 2 heterocycles. The molecule has 0 spiro atoms. The van der Waals surface area contributed by atoms with Crippen LogP contribution < -0.4 is 10.6 Å². The van der Waals surface area contributed by atoms with Crippen LogP contribution in [0.1, 0.15) is 44.4 Å². The third kappa shape index (κ3) is 4.27. The van der Waals surface area contributed by atoms with E-state index in [1.54, 1.807) is 24.0 Å². The Labute approximate surface area is 209 Å². The molecule has 34 heavy (non-hydrogen) atoms. The molecule has 178 valence electrons. The highest BCUT2D eigenvalue weighted by Gasteiger charge is 2.47. The number of non-ortho nitro benzene ring substituents is 1. The SMILES string of the molecule is CCOC(=O)C1=C(N)N(c2ccc([N+](=O)[O-])cc2)C2=C(C(=O)CC(C)(C)C2)[C@@H]1c1ccc(Br)s1. The number of ether oxygens (including phenoxy) is 1. The van der Waals surface area contributed by atoms with E-state index in [-0.39, 0.29) is 34.9 Å². The summed E-state index contributed by atoms with van der Waals surface area (Å²) in [5.41, 5.74) is 8.24. The Morgan fingerprint density at radius 1 is 1.26 bits per heavy atom. The van der Waals surface area contributed by atoms with Crippen molar-refractivity contribution < 1.29 is 19.2 Å². The number of nitrogens with zero attached hydrogens (tertiary/aromatic N) is 2. The molecule has 0 saturated carbocycles. The van der Waals surface area contributed by atoms with Crippen LogP contribution in [0.3, 0.4) is 0 Å². The Hall–Kier alpha value is -2.98. The van der Waals surface area contributed by atoms with E-state index in [1.165, 1.54) is 23.5 Å². The molecule has 0 saturated heterocycles. The average Bonchev–Trinajstić information content (AvgIpc) is 3.18. The van der Waals surface area contributed by atoms with E-state index in [0.29, 0.717) is 29.8 Å². The van der Waals surface area contributed by atoms with Gasteiger partial charge in [-0.3, -0.25) is 19.8 Å². The number of nitro groups is 1. The molecule has 0 unspecified atom stereocenters. The predicted molar refractivity (Wildman–Crippen MR) is 133 cm³/mol. The van der Waals surface area contributed by atoms with Crippen LogP contribution in [0.2, 0.25) is 0 Å². The standard InChI is InChI=1S/C24H24BrN3O5S/c1-4-33-23(30)21-20(17-9-10-18(25)34-17)19-15(11-24(2,3)12-16(19)29)27(22(21)26)13-5-7-14(8-6-13)28(31)32/h5-10,20H,4,11-12,26H2,1-3H3/t20-/m0/s1. The molecular formula is C24H24BrN3O5S. The molecule has 0 fully saturated rings. The fourth-order valence-corrected chi connectivity index (χ4v) is 6.15. The molecule has 0 radical (unpaired) electrons. The smallest absolute Gasteiger partial charge is 0.338 e. The zero-order valence-electron chi connectivity index (χ0n) is 19.0. The first-order chi connectivity index (χ1) is 16.0. The lowest BCUT2D eigenvalue weighted by atomic mass is 9.69. The number of hydrogen-bond acceptors (Lipinski definition) is 8.